The van der Waals surface area contributed by atoms with Crippen LogP contribution in [0.15, 0.2) is 150 Å². The minimum atomic E-state index is 0.0726. The second-order valence-corrected chi connectivity index (χ2v) is 20.9. The number of hydrogen-bond acceptors (Lipinski definition) is 3. The largest absolute Gasteiger partial charge is 0.456 e. The molecule has 0 saturated heterocycles. The van der Waals surface area contributed by atoms with Crippen LogP contribution in [-0.4, -0.2) is 7.28 Å². The first-order valence-corrected chi connectivity index (χ1v) is 23.0. The average Bonchev–Trinajstić information content (AvgIpc) is 3.63. The molecule has 315 valence electrons. The van der Waals surface area contributed by atoms with E-state index < -0.39 is 0 Å². The molecular weight excluding hydrogens is 775 g/mol. The lowest BCUT2D eigenvalue weighted by molar-refractivity contribution is 0.332. The molecule has 1 aliphatic heterocycles. The smallest absolute Gasteiger partial charge is 0.197 e. The third-order valence-corrected chi connectivity index (χ3v) is 14.5. The van der Waals surface area contributed by atoms with Crippen molar-refractivity contribution in [2.45, 2.75) is 91.4 Å². The number of nitrogens with one attached hydrogen (secondary N) is 1. The standard InChI is InChI=1S/C60H56BN2O/c1-36-29-47(44-25-19-39-17-13-14-18-43(39)57(44)62-42-23-21-41(22-24-42)58(3,4)5)56-53(30-36)63(51-26-20-40(31-37(51)2)38-15-11-10-12-16-38)52-35-55-46(33-50(52)61-56)45-32-48-49(34-54(45)64-55)60(8,9)28-27-59(48,6)7/h10-26,29-35,62H,27-28H2,1-9H3. The van der Waals surface area contributed by atoms with Crippen LogP contribution in [0, 0.1) is 13.8 Å². The van der Waals surface area contributed by atoms with E-state index in [0.29, 0.717) is 0 Å². The molecule has 1 N–H and O–H groups in total. The number of rotatable bonds is 5. The van der Waals surface area contributed by atoms with E-state index in [9.17, 15) is 0 Å². The summed E-state index contributed by atoms with van der Waals surface area (Å²) in [6, 6.07) is 54.2. The summed E-state index contributed by atoms with van der Waals surface area (Å²) < 4.78 is 6.93. The molecule has 1 radical (unpaired) electrons. The Morgan fingerprint density at radius 2 is 1.27 bits per heavy atom. The lowest BCUT2D eigenvalue weighted by atomic mass is 9.57. The summed E-state index contributed by atoms with van der Waals surface area (Å²) in [4.78, 5) is 2.49. The first-order valence-electron chi connectivity index (χ1n) is 23.0. The second kappa shape index (κ2) is 14.5. The van der Waals surface area contributed by atoms with Gasteiger partial charge in [0, 0.05) is 50.5 Å². The molecular formula is C60H56BN2O. The Kier molecular flexibility index (Phi) is 9.13. The molecule has 0 fully saturated rings. The van der Waals surface area contributed by atoms with Gasteiger partial charge >= 0.3 is 0 Å². The average molecular weight is 832 g/mol. The highest BCUT2D eigenvalue weighted by atomic mass is 16.3. The Labute approximate surface area is 379 Å². The highest BCUT2D eigenvalue weighted by molar-refractivity contribution is 6.73. The van der Waals surface area contributed by atoms with Gasteiger partial charge in [-0.3, -0.25) is 0 Å². The van der Waals surface area contributed by atoms with E-state index in [2.05, 4.69) is 225 Å². The van der Waals surface area contributed by atoms with Gasteiger partial charge in [0.1, 0.15) is 11.2 Å². The van der Waals surface area contributed by atoms with Gasteiger partial charge in [0.05, 0.1) is 5.69 Å². The molecule has 0 spiro atoms. The van der Waals surface area contributed by atoms with E-state index in [-0.39, 0.29) is 16.2 Å². The number of nitrogens with zero attached hydrogens (tertiary/aromatic N) is 1. The number of benzene rings is 8. The lowest BCUT2D eigenvalue weighted by Crippen LogP contribution is -2.41. The maximum Gasteiger partial charge on any atom is 0.197 e. The van der Waals surface area contributed by atoms with Gasteiger partial charge in [0.2, 0.25) is 0 Å². The number of fused-ring (bicyclic) bond motifs is 7. The summed E-state index contributed by atoms with van der Waals surface area (Å²) in [5.41, 5.74) is 21.5. The zero-order valence-electron chi connectivity index (χ0n) is 38.7. The summed E-state index contributed by atoms with van der Waals surface area (Å²) in [5.74, 6) is 0. The molecule has 2 heterocycles. The van der Waals surface area contributed by atoms with Crippen LogP contribution in [0.1, 0.15) is 89.1 Å². The van der Waals surface area contributed by atoms with Crippen LogP contribution in [-0.2, 0) is 16.2 Å². The SMILES string of the molecule is Cc1cc(-c2ccc3ccccc3c2Nc2ccc(C(C)(C)C)cc2)c2c(c1)N(c1ccc(-c3ccccc3)cc1C)c1cc3oc4cc5c(cc4c3cc1[B]2)C(C)(C)CCC5(C)C. The molecule has 0 amide bonds. The van der Waals surface area contributed by atoms with E-state index in [0.717, 1.165) is 51.4 Å². The minimum absolute atomic E-state index is 0.0726. The zero-order chi connectivity index (χ0) is 44.3. The Hall–Kier alpha value is -6.52. The van der Waals surface area contributed by atoms with Crippen molar-refractivity contribution in [3.8, 4) is 22.3 Å². The monoisotopic (exact) mass is 831 g/mol. The maximum absolute atomic E-state index is 6.93. The van der Waals surface area contributed by atoms with Crippen molar-refractivity contribution in [2.24, 2.45) is 0 Å². The van der Waals surface area contributed by atoms with E-state index in [1.54, 1.807) is 0 Å². The fourth-order valence-electron chi connectivity index (χ4n) is 10.6. The molecule has 1 aromatic heterocycles. The van der Waals surface area contributed by atoms with Crippen molar-refractivity contribution in [1.82, 2.24) is 0 Å². The molecule has 0 atom stereocenters. The van der Waals surface area contributed by atoms with Crippen LogP contribution in [0.25, 0.3) is 55.0 Å². The maximum atomic E-state index is 6.93. The van der Waals surface area contributed by atoms with Gasteiger partial charge in [0.15, 0.2) is 7.28 Å². The topological polar surface area (TPSA) is 28.4 Å². The second-order valence-electron chi connectivity index (χ2n) is 20.9. The first kappa shape index (κ1) is 40.3. The molecule has 9 aromatic rings. The predicted octanol–water partition coefficient (Wildman–Crippen LogP) is 15.5. The van der Waals surface area contributed by atoms with Crippen molar-refractivity contribution in [3.05, 3.63) is 173 Å². The Morgan fingerprint density at radius 3 is 2.00 bits per heavy atom. The van der Waals surface area contributed by atoms with Crippen molar-refractivity contribution >= 4 is 79.4 Å². The summed E-state index contributed by atoms with van der Waals surface area (Å²) in [6.07, 6.45) is 2.33. The Balaban J connectivity index is 1.14. The third kappa shape index (κ3) is 6.64. The molecule has 2 aliphatic rings. The normalized spacial score (nSPS) is 15.2. The van der Waals surface area contributed by atoms with Crippen LogP contribution in [0.2, 0.25) is 0 Å². The summed E-state index contributed by atoms with van der Waals surface area (Å²) in [5, 5.41) is 8.70. The van der Waals surface area contributed by atoms with Gasteiger partial charge in [-0.2, -0.15) is 0 Å². The zero-order valence-corrected chi connectivity index (χ0v) is 38.7. The summed E-state index contributed by atoms with van der Waals surface area (Å²) in [7, 11) is 2.43. The molecule has 3 nitrogen and oxygen atoms in total. The Bertz CT molecular complexity index is 3330. The van der Waals surface area contributed by atoms with Crippen molar-refractivity contribution in [1.29, 1.82) is 0 Å². The highest BCUT2D eigenvalue weighted by Crippen LogP contribution is 2.49. The third-order valence-electron chi connectivity index (χ3n) is 14.5. The lowest BCUT2D eigenvalue weighted by Gasteiger charge is -2.41. The predicted molar refractivity (Wildman–Crippen MR) is 275 cm³/mol. The van der Waals surface area contributed by atoms with Gasteiger partial charge in [-0.25, -0.2) is 0 Å². The molecule has 1 aliphatic carbocycles. The van der Waals surface area contributed by atoms with Crippen LogP contribution in [0.4, 0.5) is 28.4 Å². The van der Waals surface area contributed by atoms with Crippen LogP contribution >= 0.6 is 0 Å². The molecule has 8 aromatic carbocycles. The summed E-state index contributed by atoms with van der Waals surface area (Å²) >= 11 is 0. The van der Waals surface area contributed by atoms with E-state index in [4.69, 9.17) is 4.42 Å². The van der Waals surface area contributed by atoms with Crippen molar-refractivity contribution in [2.75, 3.05) is 10.2 Å². The molecule has 0 unspecified atom stereocenters. The van der Waals surface area contributed by atoms with Crippen molar-refractivity contribution in [3.63, 3.8) is 0 Å². The van der Waals surface area contributed by atoms with Gasteiger partial charge in [-0.1, -0.05) is 151 Å². The molecule has 64 heavy (non-hydrogen) atoms. The van der Waals surface area contributed by atoms with E-state index >= 15 is 0 Å². The molecule has 4 heteroatoms. The molecule has 0 bridgehead atoms. The van der Waals surface area contributed by atoms with Crippen LogP contribution < -0.4 is 21.1 Å². The van der Waals surface area contributed by atoms with Gasteiger partial charge in [0.25, 0.3) is 0 Å². The number of aryl methyl sites for hydroxylation is 2. The van der Waals surface area contributed by atoms with Crippen molar-refractivity contribution < 1.29 is 4.42 Å². The quantitative estimate of drug-likeness (QED) is 0.175. The summed E-state index contributed by atoms with van der Waals surface area (Å²) in [6.45, 7) is 20.9. The van der Waals surface area contributed by atoms with Gasteiger partial charge in [-0.05, 0) is 141 Å². The van der Waals surface area contributed by atoms with Gasteiger partial charge < -0.3 is 14.6 Å². The fraction of sp³-hybridized carbons (Fsp3) is 0.233. The number of hydrogen-bond donors (Lipinski definition) is 1. The van der Waals surface area contributed by atoms with E-state index in [1.807, 2.05) is 0 Å². The van der Waals surface area contributed by atoms with Crippen LogP contribution in [0.3, 0.4) is 0 Å². The Morgan fingerprint density at radius 1 is 0.578 bits per heavy atom. The molecule has 0 saturated carbocycles. The van der Waals surface area contributed by atoms with E-state index in [1.165, 1.54) is 83.6 Å². The first-order chi connectivity index (χ1) is 30.6. The van der Waals surface area contributed by atoms with Crippen LogP contribution in [0.5, 0.6) is 0 Å². The molecule has 11 rings (SSSR count). The number of furan rings is 1. The highest BCUT2D eigenvalue weighted by Gasteiger charge is 2.38. The number of anilines is 5. The fourth-order valence-corrected chi connectivity index (χ4v) is 10.6. The van der Waals surface area contributed by atoms with Gasteiger partial charge in [-0.15, -0.1) is 0 Å². The minimum Gasteiger partial charge on any atom is -0.456 e.